The highest BCUT2D eigenvalue weighted by molar-refractivity contribution is 6.04. The van der Waals surface area contributed by atoms with Gasteiger partial charge in [0.05, 0.1) is 5.92 Å². The maximum absolute atomic E-state index is 12.3. The number of nitrogens with two attached hydrogens (primary N) is 1. The first-order valence-electron chi connectivity index (χ1n) is 10.0. The molecule has 1 fully saturated rings. The fourth-order valence-corrected chi connectivity index (χ4v) is 3.45. The molecule has 1 aromatic rings. The van der Waals surface area contributed by atoms with Crippen LogP contribution in [0.2, 0.25) is 0 Å². The van der Waals surface area contributed by atoms with E-state index in [0.29, 0.717) is 24.6 Å². The number of rotatable bonds is 9. The van der Waals surface area contributed by atoms with Crippen molar-refractivity contribution in [2.24, 2.45) is 17.6 Å². The molecule has 7 nitrogen and oxygen atoms in total. The van der Waals surface area contributed by atoms with Crippen molar-refractivity contribution in [2.45, 2.75) is 58.5 Å². The Bertz CT molecular complexity index is 726. The minimum Gasteiger partial charge on any atom is -0.446 e. The lowest BCUT2D eigenvalue weighted by atomic mass is 9.82. The van der Waals surface area contributed by atoms with Gasteiger partial charge in [-0.1, -0.05) is 12.1 Å². The number of carbonyl (C=O) groups excluding carboxylic acids is 4. The second-order valence-electron chi connectivity index (χ2n) is 7.61. The Morgan fingerprint density at radius 2 is 1.57 bits per heavy atom. The van der Waals surface area contributed by atoms with Crippen LogP contribution >= 0.6 is 12.4 Å². The molecule has 1 saturated carbocycles. The van der Waals surface area contributed by atoms with E-state index in [-0.39, 0.29) is 30.7 Å². The highest BCUT2D eigenvalue weighted by Gasteiger charge is 2.27. The number of benzene rings is 1. The first-order chi connectivity index (χ1) is 13.8. The summed E-state index contributed by atoms with van der Waals surface area (Å²) in [5, 5.41) is 0. The van der Waals surface area contributed by atoms with Crippen LogP contribution in [0.15, 0.2) is 24.3 Å². The van der Waals surface area contributed by atoms with Gasteiger partial charge in [-0.25, -0.2) is 0 Å². The van der Waals surface area contributed by atoms with Gasteiger partial charge >= 0.3 is 11.9 Å². The van der Waals surface area contributed by atoms with Crippen LogP contribution in [-0.4, -0.2) is 36.2 Å². The second-order valence-corrected chi connectivity index (χ2v) is 7.61. The molecule has 166 valence electrons. The summed E-state index contributed by atoms with van der Waals surface area (Å²) in [4.78, 5) is 46.8. The number of ketones is 2. The summed E-state index contributed by atoms with van der Waals surface area (Å²) < 4.78 is 10.4. The smallest absolute Gasteiger partial charge is 0.314 e. The highest BCUT2D eigenvalue weighted by atomic mass is 35.5. The molecule has 0 heterocycles. The lowest BCUT2D eigenvalue weighted by Crippen LogP contribution is -2.32. The van der Waals surface area contributed by atoms with Crippen LogP contribution in [0.1, 0.15) is 51.5 Å². The number of carbonyl (C=O) groups is 4. The standard InChI is InChI=1S/C22H29NO6.ClH/c1-14(24)21(15(2)25)29-20(26)12-7-16-5-10-19(11-6-16)28-22(27)18-8-3-17(13-23)4-9-18;/h5-6,10-11,17-18,21H,3-4,7-9,12-13,23H2,1-2H3;1H/t17-,18-;. The minimum atomic E-state index is -1.33. The van der Waals surface area contributed by atoms with Crippen LogP contribution in [0.3, 0.4) is 0 Å². The summed E-state index contributed by atoms with van der Waals surface area (Å²) in [7, 11) is 0. The van der Waals surface area contributed by atoms with Crippen LogP contribution in [0.4, 0.5) is 0 Å². The van der Waals surface area contributed by atoms with Crippen LogP contribution in [0, 0.1) is 11.8 Å². The number of halogens is 1. The molecular formula is C22H30ClNO6. The van der Waals surface area contributed by atoms with Gasteiger partial charge in [-0.15, -0.1) is 12.4 Å². The van der Waals surface area contributed by atoms with E-state index in [2.05, 4.69) is 0 Å². The second kappa shape index (κ2) is 12.4. The lowest BCUT2D eigenvalue weighted by Gasteiger charge is -2.26. The van der Waals surface area contributed by atoms with E-state index in [1.54, 1.807) is 24.3 Å². The summed E-state index contributed by atoms with van der Waals surface area (Å²) in [5.74, 6) is -0.910. The van der Waals surface area contributed by atoms with Crippen molar-refractivity contribution in [3.63, 3.8) is 0 Å². The summed E-state index contributed by atoms with van der Waals surface area (Å²) in [6, 6.07) is 6.93. The lowest BCUT2D eigenvalue weighted by molar-refractivity contribution is -0.159. The predicted octanol–water partition coefficient (Wildman–Crippen LogP) is 2.80. The third-order valence-corrected chi connectivity index (χ3v) is 5.26. The number of ether oxygens (including phenoxy) is 2. The highest BCUT2D eigenvalue weighted by Crippen LogP contribution is 2.29. The van der Waals surface area contributed by atoms with Gasteiger partial charge in [0.15, 0.2) is 11.6 Å². The number of Topliss-reactive ketones (excluding diaryl/α,β-unsaturated/α-hetero) is 2. The molecule has 8 heteroatoms. The Hall–Kier alpha value is -2.25. The van der Waals surface area contributed by atoms with E-state index in [0.717, 1.165) is 31.2 Å². The SMILES string of the molecule is CC(=O)C(OC(=O)CCc1ccc(OC(=O)[C@H]2CC[C@H](CN)CC2)cc1)C(C)=O.Cl. The van der Waals surface area contributed by atoms with E-state index in [9.17, 15) is 19.2 Å². The monoisotopic (exact) mass is 439 g/mol. The van der Waals surface area contributed by atoms with Crippen LogP contribution in [0.25, 0.3) is 0 Å². The average molecular weight is 440 g/mol. The van der Waals surface area contributed by atoms with Crippen molar-refractivity contribution in [3.8, 4) is 5.75 Å². The molecule has 0 radical (unpaired) electrons. The van der Waals surface area contributed by atoms with Crippen molar-refractivity contribution in [1.29, 1.82) is 0 Å². The zero-order valence-corrected chi connectivity index (χ0v) is 18.2. The van der Waals surface area contributed by atoms with Crippen LogP contribution < -0.4 is 10.5 Å². The van der Waals surface area contributed by atoms with Crippen molar-refractivity contribution >= 4 is 35.9 Å². The molecule has 2 rings (SSSR count). The van der Waals surface area contributed by atoms with Crippen LogP contribution in [-0.2, 0) is 30.3 Å². The van der Waals surface area contributed by atoms with E-state index < -0.39 is 23.6 Å². The van der Waals surface area contributed by atoms with Gasteiger partial charge < -0.3 is 15.2 Å². The summed E-state index contributed by atoms with van der Waals surface area (Å²) >= 11 is 0. The summed E-state index contributed by atoms with van der Waals surface area (Å²) in [6.45, 7) is 3.09. The molecule has 0 aromatic heterocycles. The minimum absolute atomic E-state index is 0. The van der Waals surface area contributed by atoms with E-state index in [1.807, 2.05) is 0 Å². The number of hydrogen-bond donors (Lipinski definition) is 1. The number of esters is 2. The van der Waals surface area contributed by atoms with Gasteiger partial charge in [0.1, 0.15) is 5.75 Å². The first kappa shape index (κ1) is 25.8. The Balaban J connectivity index is 0.00000450. The third-order valence-electron chi connectivity index (χ3n) is 5.26. The Morgan fingerprint density at radius 3 is 2.07 bits per heavy atom. The van der Waals surface area contributed by atoms with Gasteiger partial charge in [0.25, 0.3) is 0 Å². The Kier molecular flexibility index (Phi) is 10.7. The topological polar surface area (TPSA) is 113 Å². The van der Waals surface area contributed by atoms with Gasteiger partial charge in [0.2, 0.25) is 6.10 Å². The number of hydrogen-bond acceptors (Lipinski definition) is 7. The molecule has 1 aromatic carbocycles. The zero-order valence-electron chi connectivity index (χ0n) is 17.4. The van der Waals surface area contributed by atoms with Gasteiger partial charge in [-0.3, -0.25) is 19.2 Å². The van der Waals surface area contributed by atoms with Gasteiger partial charge in [-0.2, -0.15) is 0 Å². The molecule has 0 spiro atoms. The average Bonchev–Trinajstić information content (AvgIpc) is 2.71. The largest absolute Gasteiger partial charge is 0.446 e. The summed E-state index contributed by atoms with van der Waals surface area (Å²) in [6.07, 6.45) is 2.63. The Labute approximate surface area is 183 Å². The maximum atomic E-state index is 12.3. The maximum Gasteiger partial charge on any atom is 0.314 e. The molecule has 0 saturated heterocycles. The van der Waals surface area contributed by atoms with Crippen molar-refractivity contribution in [1.82, 2.24) is 0 Å². The van der Waals surface area contributed by atoms with Crippen molar-refractivity contribution in [3.05, 3.63) is 29.8 Å². The molecule has 1 aliphatic rings. The molecule has 0 atom stereocenters. The molecule has 0 amide bonds. The zero-order chi connectivity index (χ0) is 21.4. The fourth-order valence-electron chi connectivity index (χ4n) is 3.45. The van der Waals surface area contributed by atoms with Gasteiger partial charge in [0, 0.05) is 6.42 Å². The number of aryl methyl sites for hydroxylation is 1. The van der Waals surface area contributed by atoms with Gasteiger partial charge in [-0.05, 0) is 76.1 Å². The predicted molar refractivity (Wildman–Crippen MR) is 113 cm³/mol. The fraction of sp³-hybridized carbons (Fsp3) is 0.545. The molecular weight excluding hydrogens is 410 g/mol. The molecule has 0 aliphatic heterocycles. The first-order valence-corrected chi connectivity index (χ1v) is 10.0. The molecule has 0 unspecified atom stereocenters. The van der Waals surface area contributed by atoms with Crippen molar-refractivity contribution < 1.29 is 28.7 Å². The van der Waals surface area contributed by atoms with E-state index >= 15 is 0 Å². The molecule has 2 N–H and O–H groups in total. The quantitative estimate of drug-likeness (QED) is 0.357. The van der Waals surface area contributed by atoms with E-state index in [4.69, 9.17) is 15.2 Å². The summed E-state index contributed by atoms with van der Waals surface area (Å²) in [5.41, 5.74) is 6.53. The molecule has 0 bridgehead atoms. The third kappa shape index (κ3) is 7.88. The van der Waals surface area contributed by atoms with Crippen molar-refractivity contribution in [2.75, 3.05) is 6.54 Å². The Morgan fingerprint density at radius 1 is 1.00 bits per heavy atom. The molecule has 1 aliphatic carbocycles. The van der Waals surface area contributed by atoms with E-state index in [1.165, 1.54) is 13.8 Å². The molecule has 30 heavy (non-hydrogen) atoms. The van der Waals surface area contributed by atoms with Crippen LogP contribution in [0.5, 0.6) is 5.75 Å². The normalized spacial score (nSPS) is 18.3.